The predicted molar refractivity (Wildman–Crippen MR) is 87.4 cm³/mol. The first-order chi connectivity index (χ1) is 11.1. The van der Waals surface area contributed by atoms with Gasteiger partial charge in [-0.1, -0.05) is 5.16 Å². The molecule has 23 heavy (non-hydrogen) atoms. The van der Waals surface area contributed by atoms with Crippen molar-refractivity contribution in [1.29, 1.82) is 0 Å². The lowest BCUT2D eigenvalue weighted by atomic mass is 10.0. The average molecular weight is 317 g/mol. The zero-order valence-corrected chi connectivity index (χ0v) is 13.6. The van der Waals surface area contributed by atoms with Crippen molar-refractivity contribution >= 4 is 11.8 Å². The number of aromatic nitrogens is 3. The van der Waals surface area contributed by atoms with Crippen LogP contribution in [0.2, 0.25) is 0 Å². The van der Waals surface area contributed by atoms with E-state index in [-0.39, 0.29) is 0 Å². The molecular formula is C16H23N5O2. The zero-order chi connectivity index (χ0) is 16.2. The standard InChI is InChI=1S/C16H23N5O2/c1-10-13(11(2)23-21-10)4-3-6-18-15-8-14(19-16(17)20-15)12-5-7-22-9-12/h8,12H,3-7,9H2,1-2H3,(H3,17,18,19,20). The van der Waals surface area contributed by atoms with Gasteiger partial charge in [0.25, 0.3) is 0 Å². The normalized spacial score (nSPS) is 17.6. The number of nitrogen functional groups attached to an aromatic ring is 1. The summed E-state index contributed by atoms with van der Waals surface area (Å²) in [4.78, 5) is 8.59. The number of hydrogen-bond donors (Lipinski definition) is 2. The Labute approximate surface area is 135 Å². The molecule has 1 atom stereocenters. The zero-order valence-electron chi connectivity index (χ0n) is 13.6. The minimum Gasteiger partial charge on any atom is -0.381 e. The number of anilines is 2. The summed E-state index contributed by atoms with van der Waals surface area (Å²) >= 11 is 0. The molecule has 0 spiro atoms. The lowest BCUT2D eigenvalue weighted by Gasteiger charge is -2.11. The Bertz CT molecular complexity index is 645. The first-order valence-corrected chi connectivity index (χ1v) is 8.01. The molecular weight excluding hydrogens is 294 g/mol. The van der Waals surface area contributed by atoms with E-state index in [1.807, 2.05) is 19.9 Å². The highest BCUT2D eigenvalue weighted by Crippen LogP contribution is 2.25. The van der Waals surface area contributed by atoms with Gasteiger partial charge < -0.3 is 20.3 Å². The molecule has 1 saturated heterocycles. The number of nitrogens with one attached hydrogen (secondary N) is 1. The fraction of sp³-hybridized carbons (Fsp3) is 0.562. The van der Waals surface area contributed by atoms with Gasteiger partial charge in [-0.3, -0.25) is 0 Å². The topological polar surface area (TPSA) is 99.1 Å². The maximum absolute atomic E-state index is 5.82. The van der Waals surface area contributed by atoms with Crippen molar-refractivity contribution in [2.45, 2.75) is 39.0 Å². The Morgan fingerprint density at radius 3 is 2.91 bits per heavy atom. The third-order valence-corrected chi connectivity index (χ3v) is 4.20. The quantitative estimate of drug-likeness (QED) is 0.788. The monoisotopic (exact) mass is 317 g/mol. The summed E-state index contributed by atoms with van der Waals surface area (Å²) in [5.74, 6) is 2.31. The Morgan fingerprint density at radius 1 is 1.35 bits per heavy atom. The minimum atomic E-state index is 0.308. The molecule has 3 rings (SSSR count). The smallest absolute Gasteiger partial charge is 0.222 e. The Kier molecular flexibility index (Phi) is 4.76. The van der Waals surface area contributed by atoms with Crippen LogP contribution < -0.4 is 11.1 Å². The first-order valence-electron chi connectivity index (χ1n) is 8.01. The molecule has 0 saturated carbocycles. The Morgan fingerprint density at radius 2 is 2.22 bits per heavy atom. The summed E-state index contributed by atoms with van der Waals surface area (Å²) in [6.45, 7) is 6.22. The summed E-state index contributed by atoms with van der Waals surface area (Å²) < 4.78 is 10.6. The number of rotatable bonds is 6. The van der Waals surface area contributed by atoms with Crippen LogP contribution in [0.15, 0.2) is 10.6 Å². The molecule has 0 bridgehead atoms. The summed E-state index contributed by atoms with van der Waals surface area (Å²) in [6, 6.07) is 1.98. The first kappa shape index (κ1) is 15.7. The van der Waals surface area contributed by atoms with E-state index in [1.165, 1.54) is 5.56 Å². The van der Waals surface area contributed by atoms with Gasteiger partial charge in [-0.2, -0.15) is 4.98 Å². The third-order valence-electron chi connectivity index (χ3n) is 4.20. The van der Waals surface area contributed by atoms with E-state index in [1.54, 1.807) is 0 Å². The molecule has 7 heteroatoms. The van der Waals surface area contributed by atoms with Gasteiger partial charge in [0.2, 0.25) is 5.95 Å². The van der Waals surface area contributed by atoms with Gasteiger partial charge in [-0.25, -0.2) is 4.98 Å². The van der Waals surface area contributed by atoms with Crippen LogP contribution in [0.3, 0.4) is 0 Å². The van der Waals surface area contributed by atoms with Crippen molar-refractivity contribution in [2.24, 2.45) is 0 Å². The number of nitrogens with zero attached hydrogens (tertiary/aromatic N) is 3. The fourth-order valence-corrected chi connectivity index (χ4v) is 2.89. The van der Waals surface area contributed by atoms with Crippen molar-refractivity contribution in [3.05, 3.63) is 28.8 Å². The number of hydrogen-bond acceptors (Lipinski definition) is 7. The maximum Gasteiger partial charge on any atom is 0.222 e. The highest BCUT2D eigenvalue weighted by Gasteiger charge is 2.20. The van der Waals surface area contributed by atoms with Crippen LogP contribution in [-0.4, -0.2) is 34.9 Å². The van der Waals surface area contributed by atoms with E-state index in [9.17, 15) is 0 Å². The molecule has 0 radical (unpaired) electrons. The van der Waals surface area contributed by atoms with E-state index >= 15 is 0 Å². The van der Waals surface area contributed by atoms with E-state index in [4.69, 9.17) is 15.0 Å². The second kappa shape index (κ2) is 6.95. The van der Waals surface area contributed by atoms with Gasteiger partial charge in [-0.05, 0) is 33.1 Å². The van der Waals surface area contributed by atoms with Crippen molar-refractivity contribution in [3.63, 3.8) is 0 Å². The molecule has 2 aromatic heterocycles. The minimum absolute atomic E-state index is 0.308. The number of aryl methyl sites for hydroxylation is 2. The van der Waals surface area contributed by atoms with E-state index < -0.39 is 0 Å². The molecule has 0 aromatic carbocycles. The van der Waals surface area contributed by atoms with Gasteiger partial charge in [0, 0.05) is 30.7 Å². The molecule has 0 aliphatic carbocycles. The van der Waals surface area contributed by atoms with Crippen molar-refractivity contribution < 1.29 is 9.26 Å². The highest BCUT2D eigenvalue weighted by atomic mass is 16.5. The van der Waals surface area contributed by atoms with Gasteiger partial charge in [-0.15, -0.1) is 0 Å². The third kappa shape index (κ3) is 3.79. The largest absolute Gasteiger partial charge is 0.381 e. The van der Waals surface area contributed by atoms with Gasteiger partial charge in [0.1, 0.15) is 11.6 Å². The highest BCUT2D eigenvalue weighted by molar-refractivity contribution is 5.41. The Hall–Kier alpha value is -2.15. The molecule has 1 unspecified atom stereocenters. The summed E-state index contributed by atoms with van der Waals surface area (Å²) in [5, 5.41) is 7.30. The van der Waals surface area contributed by atoms with Crippen LogP contribution >= 0.6 is 0 Å². The number of ether oxygens (including phenoxy) is 1. The fourth-order valence-electron chi connectivity index (χ4n) is 2.89. The lowest BCUT2D eigenvalue weighted by molar-refractivity contribution is 0.193. The molecule has 1 aliphatic rings. The van der Waals surface area contributed by atoms with Gasteiger partial charge in [0.05, 0.1) is 18.0 Å². The summed E-state index contributed by atoms with van der Waals surface area (Å²) in [6.07, 6.45) is 2.88. The number of nitrogens with two attached hydrogens (primary N) is 1. The molecule has 1 aliphatic heterocycles. The molecule has 0 amide bonds. The summed E-state index contributed by atoms with van der Waals surface area (Å²) in [7, 11) is 0. The van der Waals surface area contributed by atoms with Gasteiger partial charge >= 0.3 is 0 Å². The lowest BCUT2D eigenvalue weighted by Crippen LogP contribution is -2.10. The average Bonchev–Trinajstić information content (AvgIpc) is 3.15. The summed E-state index contributed by atoms with van der Waals surface area (Å²) in [5.41, 5.74) is 8.95. The van der Waals surface area contributed by atoms with Crippen molar-refractivity contribution in [1.82, 2.24) is 15.1 Å². The van der Waals surface area contributed by atoms with Crippen LogP contribution in [0.5, 0.6) is 0 Å². The van der Waals surface area contributed by atoms with E-state index in [0.717, 1.165) is 55.4 Å². The molecule has 3 heterocycles. The Balaban J connectivity index is 1.55. The second-order valence-electron chi connectivity index (χ2n) is 5.93. The maximum atomic E-state index is 5.82. The van der Waals surface area contributed by atoms with E-state index in [2.05, 4.69) is 20.4 Å². The second-order valence-corrected chi connectivity index (χ2v) is 5.93. The van der Waals surface area contributed by atoms with Crippen molar-refractivity contribution in [3.8, 4) is 0 Å². The van der Waals surface area contributed by atoms with E-state index in [0.29, 0.717) is 18.5 Å². The SMILES string of the molecule is Cc1noc(C)c1CCCNc1cc(C2CCOC2)nc(N)n1. The van der Waals surface area contributed by atoms with Crippen LogP contribution in [0.1, 0.15) is 41.5 Å². The molecule has 1 fully saturated rings. The van der Waals surface area contributed by atoms with Gasteiger partial charge in [0.15, 0.2) is 0 Å². The predicted octanol–water partition coefficient (Wildman–Crippen LogP) is 2.21. The molecule has 3 N–H and O–H groups in total. The van der Waals surface area contributed by atoms with Crippen LogP contribution in [0.4, 0.5) is 11.8 Å². The van der Waals surface area contributed by atoms with Crippen LogP contribution in [-0.2, 0) is 11.2 Å². The molecule has 124 valence electrons. The van der Waals surface area contributed by atoms with Crippen LogP contribution in [0, 0.1) is 13.8 Å². The van der Waals surface area contributed by atoms with Crippen molar-refractivity contribution in [2.75, 3.05) is 30.8 Å². The molecule has 2 aromatic rings. The van der Waals surface area contributed by atoms with Crippen LogP contribution in [0.25, 0.3) is 0 Å². The molecule has 7 nitrogen and oxygen atoms in total.